The Hall–Kier alpha value is 0.765. The molecule has 0 saturated heterocycles. The maximum atomic E-state index is 11.1. The van der Waals surface area contributed by atoms with Crippen molar-refractivity contribution in [3.8, 4) is 10.9 Å². The van der Waals surface area contributed by atoms with Gasteiger partial charge in [0.2, 0.25) is 0 Å². The van der Waals surface area contributed by atoms with Crippen LogP contribution >= 0.6 is 22.9 Å². The number of halogens is 1. The summed E-state index contributed by atoms with van der Waals surface area (Å²) in [5, 5.41) is 29.7. The molecule has 2 rings (SSSR count). The van der Waals surface area contributed by atoms with Crippen molar-refractivity contribution in [2.45, 2.75) is 6.10 Å². The molecule has 1 heterocycles. The van der Waals surface area contributed by atoms with Crippen molar-refractivity contribution >= 4 is 33.2 Å². The largest absolute Gasteiger partial charge is 1.00 e. The van der Waals surface area contributed by atoms with Crippen molar-refractivity contribution < 1.29 is 73.5 Å². The SMILES string of the molecule is [O-]c1nc2cc(O)cc(C(O)CCl)c2s1.[Rb+]. The van der Waals surface area contributed by atoms with Crippen molar-refractivity contribution in [1.29, 1.82) is 0 Å². The Morgan fingerprint density at radius 1 is 1.50 bits per heavy atom. The average molecular weight is 330 g/mol. The van der Waals surface area contributed by atoms with E-state index in [4.69, 9.17) is 11.6 Å². The third kappa shape index (κ3) is 2.96. The van der Waals surface area contributed by atoms with Crippen LogP contribution in [0.15, 0.2) is 12.1 Å². The summed E-state index contributed by atoms with van der Waals surface area (Å²) in [5.41, 5.74) is 0.837. The van der Waals surface area contributed by atoms with Crippen LogP contribution in [-0.2, 0) is 0 Å². The van der Waals surface area contributed by atoms with Crippen LogP contribution in [0.3, 0.4) is 0 Å². The molecular formula is C9H7ClNO3RbS. The zero-order chi connectivity index (χ0) is 11.0. The van der Waals surface area contributed by atoms with Gasteiger partial charge < -0.3 is 15.3 Å². The maximum Gasteiger partial charge on any atom is 1.00 e. The number of hydrogen-bond donors (Lipinski definition) is 2. The first-order valence-electron chi connectivity index (χ1n) is 4.16. The molecule has 7 heteroatoms. The quantitative estimate of drug-likeness (QED) is 0.647. The predicted octanol–water partition coefficient (Wildman–Crippen LogP) is -1.65. The summed E-state index contributed by atoms with van der Waals surface area (Å²) >= 11 is 6.46. The molecule has 0 aliphatic carbocycles. The second-order valence-electron chi connectivity index (χ2n) is 3.03. The Labute approximate surface area is 150 Å². The van der Waals surface area contributed by atoms with Crippen molar-refractivity contribution in [3.05, 3.63) is 17.7 Å². The number of phenols is 1. The zero-order valence-corrected chi connectivity index (χ0v) is 15.0. The first-order valence-corrected chi connectivity index (χ1v) is 5.51. The number of aromatic nitrogens is 1. The van der Waals surface area contributed by atoms with E-state index in [-0.39, 0.29) is 75.0 Å². The maximum absolute atomic E-state index is 11.1. The topological polar surface area (TPSA) is 76.4 Å². The number of alkyl halides is 1. The fourth-order valence-corrected chi connectivity index (χ4v) is 2.36. The van der Waals surface area contributed by atoms with Gasteiger partial charge in [-0.15, -0.1) is 22.9 Å². The molecule has 1 aromatic carbocycles. The fourth-order valence-electron chi connectivity index (χ4n) is 1.35. The van der Waals surface area contributed by atoms with Crippen molar-refractivity contribution in [3.63, 3.8) is 0 Å². The molecule has 1 aromatic heterocycles. The molecule has 0 saturated carbocycles. The first-order chi connectivity index (χ1) is 7.11. The van der Waals surface area contributed by atoms with Crippen LogP contribution in [0.5, 0.6) is 10.9 Å². The first kappa shape index (κ1) is 14.8. The van der Waals surface area contributed by atoms with Crippen LogP contribution < -0.4 is 63.3 Å². The van der Waals surface area contributed by atoms with E-state index in [2.05, 4.69) is 4.98 Å². The van der Waals surface area contributed by atoms with E-state index in [0.717, 1.165) is 11.3 Å². The molecule has 0 bridgehead atoms. The van der Waals surface area contributed by atoms with Gasteiger partial charge in [-0.1, -0.05) is 0 Å². The number of fused-ring (bicyclic) bond motifs is 1. The summed E-state index contributed by atoms with van der Waals surface area (Å²) in [6, 6.07) is 2.78. The molecule has 0 amide bonds. The molecule has 0 aliphatic rings. The minimum Gasteiger partial charge on any atom is -0.851 e. The van der Waals surface area contributed by atoms with E-state index in [0.29, 0.717) is 15.8 Å². The minimum atomic E-state index is -0.902. The van der Waals surface area contributed by atoms with E-state index in [1.165, 1.54) is 12.1 Å². The van der Waals surface area contributed by atoms with E-state index >= 15 is 0 Å². The Morgan fingerprint density at radius 2 is 2.19 bits per heavy atom. The van der Waals surface area contributed by atoms with Crippen LogP contribution in [0.25, 0.3) is 10.2 Å². The minimum absolute atomic E-state index is 0. The second-order valence-corrected chi connectivity index (χ2v) is 4.30. The van der Waals surface area contributed by atoms with Gasteiger partial charge in [0.1, 0.15) is 5.75 Å². The van der Waals surface area contributed by atoms with Crippen LogP contribution in [0.2, 0.25) is 0 Å². The summed E-state index contributed by atoms with van der Waals surface area (Å²) in [5.74, 6) is -0.0306. The molecule has 80 valence electrons. The summed E-state index contributed by atoms with van der Waals surface area (Å²) in [7, 11) is 0. The van der Waals surface area contributed by atoms with Crippen molar-refractivity contribution in [2.75, 3.05) is 5.88 Å². The standard InChI is InChI=1S/C9H8ClNO3S.Rb/c10-3-7(13)5-1-4(12)2-6-8(5)15-9(14)11-6;/h1-2,7,12-13H,3H2,(H,11,14);/q;+1/p-1. The van der Waals surface area contributed by atoms with Crippen LogP contribution in [-0.4, -0.2) is 21.1 Å². The zero-order valence-electron chi connectivity index (χ0n) is 8.48. The Bertz CT molecular complexity index is 505. The fraction of sp³-hybridized carbons (Fsp3) is 0.222. The molecule has 1 atom stereocenters. The van der Waals surface area contributed by atoms with Crippen molar-refractivity contribution in [1.82, 2.24) is 4.98 Å². The van der Waals surface area contributed by atoms with Gasteiger partial charge in [-0.3, -0.25) is 4.98 Å². The number of rotatable bonds is 2. The second kappa shape index (κ2) is 6.09. The monoisotopic (exact) mass is 329 g/mol. The van der Waals surface area contributed by atoms with E-state index in [1.54, 1.807) is 0 Å². The molecule has 2 aromatic rings. The average Bonchev–Trinajstić information content (AvgIpc) is 2.55. The number of aliphatic hydroxyl groups is 1. The predicted molar refractivity (Wildman–Crippen MR) is 56.4 cm³/mol. The Balaban J connectivity index is 0.00000128. The third-order valence-corrected chi connectivity index (χ3v) is 3.20. The van der Waals surface area contributed by atoms with Gasteiger partial charge in [-0.05, 0) is 6.07 Å². The molecule has 4 nitrogen and oxygen atoms in total. The molecule has 0 radical (unpaired) electrons. The van der Waals surface area contributed by atoms with Crippen molar-refractivity contribution in [2.24, 2.45) is 0 Å². The number of aliphatic hydroxyl groups excluding tert-OH is 1. The number of phenolic OH excluding ortho intramolecular Hbond substituents is 1. The van der Waals surface area contributed by atoms with E-state index < -0.39 is 6.10 Å². The molecule has 2 N–H and O–H groups in total. The Kier molecular flexibility index (Phi) is 5.64. The van der Waals surface area contributed by atoms with E-state index in [1.807, 2.05) is 0 Å². The third-order valence-electron chi connectivity index (χ3n) is 1.99. The normalized spacial score (nSPS) is 12.4. The molecular weight excluding hydrogens is 323 g/mol. The molecule has 0 fully saturated rings. The molecule has 1 unspecified atom stereocenters. The van der Waals surface area contributed by atoms with Gasteiger partial charge >= 0.3 is 58.2 Å². The Morgan fingerprint density at radius 3 is 2.81 bits per heavy atom. The molecule has 0 aliphatic heterocycles. The molecule has 0 spiro atoms. The summed E-state index contributed by atoms with van der Waals surface area (Å²) in [4.78, 5) is 3.70. The number of nitrogens with zero attached hydrogens (tertiary/aromatic N) is 1. The number of hydrogen-bond acceptors (Lipinski definition) is 5. The van der Waals surface area contributed by atoms with Gasteiger partial charge in [0.25, 0.3) is 0 Å². The number of thiazole rings is 1. The van der Waals surface area contributed by atoms with Crippen LogP contribution in [0.4, 0.5) is 0 Å². The van der Waals surface area contributed by atoms with Gasteiger partial charge in [0, 0.05) is 16.8 Å². The van der Waals surface area contributed by atoms with Gasteiger partial charge in [0.15, 0.2) is 0 Å². The van der Waals surface area contributed by atoms with Gasteiger partial charge in [-0.25, -0.2) is 0 Å². The number of aromatic hydroxyl groups is 1. The summed E-state index contributed by atoms with van der Waals surface area (Å²) in [6.07, 6.45) is -0.902. The molecule has 16 heavy (non-hydrogen) atoms. The summed E-state index contributed by atoms with van der Waals surface area (Å²) < 4.78 is 0.575. The van der Waals surface area contributed by atoms with Crippen LogP contribution in [0.1, 0.15) is 11.7 Å². The summed E-state index contributed by atoms with van der Waals surface area (Å²) in [6.45, 7) is 0. The smallest absolute Gasteiger partial charge is 0.851 e. The van der Waals surface area contributed by atoms with Gasteiger partial charge in [-0.2, -0.15) is 0 Å². The van der Waals surface area contributed by atoms with E-state index in [9.17, 15) is 15.3 Å². The number of benzene rings is 1. The van der Waals surface area contributed by atoms with Crippen LogP contribution in [0, 0.1) is 0 Å². The van der Waals surface area contributed by atoms with Gasteiger partial charge in [0.05, 0.1) is 22.2 Å².